The van der Waals surface area contributed by atoms with E-state index in [0.717, 1.165) is 23.6 Å². The number of nitrogens with zero attached hydrogens (tertiary/aromatic N) is 3. The van der Waals surface area contributed by atoms with Crippen molar-refractivity contribution in [3.8, 4) is 0 Å². The minimum Gasteiger partial charge on any atom is -0.330 e. The second-order valence-electron chi connectivity index (χ2n) is 4.76. The molecular weight excluding hydrogens is 190 g/mol. The van der Waals surface area contributed by atoms with Crippen LogP contribution in [-0.4, -0.2) is 26.4 Å². The van der Waals surface area contributed by atoms with Gasteiger partial charge in [0.2, 0.25) is 0 Å². The maximum Gasteiger partial charge on any atom is 0.153 e. The van der Waals surface area contributed by atoms with Gasteiger partial charge < -0.3 is 5.73 Å². The summed E-state index contributed by atoms with van der Waals surface area (Å²) < 4.78 is 1.84. The van der Waals surface area contributed by atoms with Gasteiger partial charge >= 0.3 is 0 Å². The van der Waals surface area contributed by atoms with Crippen molar-refractivity contribution in [2.75, 3.05) is 6.54 Å². The van der Waals surface area contributed by atoms with E-state index < -0.39 is 0 Å². The zero-order valence-electron chi connectivity index (χ0n) is 9.41. The number of hydrogen-bond donors (Lipinski definition) is 2. The molecule has 5 heteroatoms. The van der Waals surface area contributed by atoms with Crippen molar-refractivity contribution in [3.05, 3.63) is 17.6 Å². The highest BCUT2D eigenvalue weighted by Gasteiger charge is 2.19. The first-order chi connectivity index (χ1) is 7.02. The van der Waals surface area contributed by atoms with Gasteiger partial charge in [-0.15, -0.1) is 0 Å². The van der Waals surface area contributed by atoms with E-state index in [1.165, 1.54) is 0 Å². The van der Waals surface area contributed by atoms with Gasteiger partial charge in [-0.1, -0.05) is 20.8 Å². The van der Waals surface area contributed by atoms with E-state index in [2.05, 4.69) is 36.1 Å². The maximum absolute atomic E-state index is 5.51. The molecule has 2 aromatic rings. The third-order valence-electron chi connectivity index (χ3n) is 2.39. The monoisotopic (exact) mass is 207 g/mol. The van der Waals surface area contributed by atoms with Crippen molar-refractivity contribution >= 4 is 5.65 Å². The highest BCUT2D eigenvalue weighted by molar-refractivity contribution is 5.40. The topological polar surface area (TPSA) is 72.0 Å². The van der Waals surface area contributed by atoms with Crippen molar-refractivity contribution < 1.29 is 0 Å². The molecule has 15 heavy (non-hydrogen) atoms. The van der Waals surface area contributed by atoms with Gasteiger partial charge in [0.15, 0.2) is 11.5 Å². The molecule has 0 spiro atoms. The lowest BCUT2D eigenvalue weighted by molar-refractivity contribution is 0.560. The summed E-state index contributed by atoms with van der Waals surface area (Å²) in [5, 5.41) is 11.7. The Labute approximate surface area is 88.7 Å². The summed E-state index contributed by atoms with van der Waals surface area (Å²) in [5.41, 5.74) is 7.57. The molecule has 0 aromatic carbocycles. The summed E-state index contributed by atoms with van der Waals surface area (Å²) in [4.78, 5) is 0. The molecule has 0 aliphatic rings. The molecule has 2 heterocycles. The summed E-state index contributed by atoms with van der Waals surface area (Å²) >= 11 is 0. The van der Waals surface area contributed by atoms with E-state index in [9.17, 15) is 0 Å². The van der Waals surface area contributed by atoms with Crippen molar-refractivity contribution in [2.24, 2.45) is 5.73 Å². The second kappa shape index (κ2) is 3.34. The molecule has 82 valence electrons. The molecule has 5 nitrogen and oxygen atoms in total. The van der Waals surface area contributed by atoms with E-state index >= 15 is 0 Å². The van der Waals surface area contributed by atoms with E-state index in [-0.39, 0.29) is 5.41 Å². The van der Waals surface area contributed by atoms with Crippen LogP contribution in [0.4, 0.5) is 0 Å². The third kappa shape index (κ3) is 1.74. The SMILES string of the molecule is CC(C)(C)c1cc2[nH]nc(CCN)n2n1. The van der Waals surface area contributed by atoms with Crippen LogP contribution in [0.15, 0.2) is 6.07 Å². The molecule has 0 fully saturated rings. The first kappa shape index (κ1) is 10.2. The minimum absolute atomic E-state index is 0.0623. The maximum atomic E-state index is 5.51. The molecule has 0 saturated heterocycles. The molecule has 0 bridgehead atoms. The molecule has 0 unspecified atom stereocenters. The Kier molecular flexibility index (Phi) is 2.26. The van der Waals surface area contributed by atoms with Crippen molar-refractivity contribution in [2.45, 2.75) is 32.6 Å². The number of nitrogens with one attached hydrogen (secondary N) is 1. The van der Waals surface area contributed by atoms with Gasteiger partial charge in [-0.3, -0.25) is 5.10 Å². The third-order valence-corrected chi connectivity index (χ3v) is 2.39. The van der Waals surface area contributed by atoms with Crippen LogP contribution in [0, 0.1) is 0 Å². The predicted octanol–water partition coefficient (Wildman–Crippen LogP) is 0.856. The van der Waals surface area contributed by atoms with Crippen LogP contribution in [-0.2, 0) is 11.8 Å². The highest BCUT2D eigenvalue weighted by Crippen LogP contribution is 2.21. The van der Waals surface area contributed by atoms with Gasteiger partial charge in [0, 0.05) is 17.9 Å². The normalized spacial score (nSPS) is 12.5. The van der Waals surface area contributed by atoms with Crippen LogP contribution < -0.4 is 5.73 Å². The van der Waals surface area contributed by atoms with Crippen LogP contribution in [0.25, 0.3) is 5.65 Å². The molecule has 0 atom stereocenters. The smallest absolute Gasteiger partial charge is 0.153 e. The fraction of sp³-hybridized carbons (Fsp3) is 0.600. The predicted molar refractivity (Wildman–Crippen MR) is 58.8 cm³/mol. The van der Waals surface area contributed by atoms with Crippen LogP contribution in [0.1, 0.15) is 32.3 Å². The highest BCUT2D eigenvalue weighted by atomic mass is 15.4. The van der Waals surface area contributed by atoms with Crippen LogP contribution in [0.2, 0.25) is 0 Å². The van der Waals surface area contributed by atoms with Crippen molar-refractivity contribution in [1.29, 1.82) is 0 Å². The van der Waals surface area contributed by atoms with Gasteiger partial charge in [0.25, 0.3) is 0 Å². The van der Waals surface area contributed by atoms with Crippen LogP contribution in [0.5, 0.6) is 0 Å². The molecule has 3 N–H and O–H groups in total. The zero-order chi connectivity index (χ0) is 11.1. The quantitative estimate of drug-likeness (QED) is 0.767. The van der Waals surface area contributed by atoms with Gasteiger partial charge in [-0.05, 0) is 6.54 Å². The Morgan fingerprint density at radius 1 is 1.47 bits per heavy atom. The standard InChI is InChI=1S/C10H17N5/c1-10(2,3)7-6-9-13-12-8(4-5-11)15(9)14-7/h6,13H,4-5,11H2,1-3H3. The van der Waals surface area contributed by atoms with Gasteiger partial charge in [-0.2, -0.15) is 14.7 Å². The molecule has 0 saturated carbocycles. The number of fused-ring (bicyclic) bond motifs is 1. The fourth-order valence-corrected chi connectivity index (χ4v) is 1.48. The lowest BCUT2D eigenvalue weighted by Crippen LogP contribution is -2.13. The molecule has 0 aliphatic carbocycles. The molecule has 2 rings (SSSR count). The average molecular weight is 207 g/mol. The average Bonchev–Trinajstić information content (AvgIpc) is 2.65. The lowest BCUT2D eigenvalue weighted by Gasteiger charge is -2.13. The number of H-pyrrole nitrogens is 1. The second-order valence-corrected chi connectivity index (χ2v) is 4.76. The zero-order valence-corrected chi connectivity index (χ0v) is 9.41. The Bertz CT molecular complexity index is 460. The Morgan fingerprint density at radius 3 is 2.80 bits per heavy atom. The molecule has 2 aromatic heterocycles. The molecular formula is C10H17N5. The van der Waals surface area contributed by atoms with E-state index in [0.29, 0.717) is 6.54 Å². The van der Waals surface area contributed by atoms with Crippen molar-refractivity contribution in [3.63, 3.8) is 0 Å². The van der Waals surface area contributed by atoms with E-state index in [4.69, 9.17) is 5.73 Å². The van der Waals surface area contributed by atoms with Gasteiger partial charge in [0.1, 0.15) is 0 Å². The summed E-state index contributed by atoms with van der Waals surface area (Å²) in [6.45, 7) is 7.02. The summed E-state index contributed by atoms with van der Waals surface area (Å²) in [6, 6.07) is 2.03. The van der Waals surface area contributed by atoms with E-state index in [1.54, 1.807) is 0 Å². The summed E-state index contributed by atoms with van der Waals surface area (Å²) in [7, 11) is 0. The Balaban J connectivity index is 2.48. The fourth-order valence-electron chi connectivity index (χ4n) is 1.48. The Hall–Kier alpha value is -1.36. The first-order valence-electron chi connectivity index (χ1n) is 5.16. The molecule has 0 radical (unpaired) electrons. The number of nitrogens with two attached hydrogens (primary N) is 1. The number of aromatic nitrogens is 4. The van der Waals surface area contributed by atoms with Gasteiger partial charge in [-0.25, -0.2) is 0 Å². The summed E-state index contributed by atoms with van der Waals surface area (Å²) in [6.07, 6.45) is 0.741. The van der Waals surface area contributed by atoms with Crippen LogP contribution in [0.3, 0.4) is 0 Å². The molecule has 0 amide bonds. The first-order valence-corrected chi connectivity index (χ1v) is 5.16. The minimum atomic E-state index is 0.0623. The van der Waals surface area contributed by atoms with Crippen LogP contribution >= 0.6 is 0 Å². The van der Waals surface area contributed by atoms with E-state index in [1.807, 2.05) is 10.6 Å². The van der Waals surface area contributed by atoms with Crippen molar-refractivity contribution in [1.82, 2.24) is 19.8 Å². The lowest BCUT2D eigenvalue weighted by atomic mass is 9.93. The van der Waals surface area contributed by atoms with Gasteiger partial charge in [0.05, 0.1) is 5.69 Å². The number of rotatable bonds is 2. The molecule has 0 aliphatic heterocycles. The Morgan fingerprint density at radius 2 is 2.20 bits per heavy atom. The number of aromatic amines is 1. The largest absolute Gasteiger partial charge is 0.330 e. The summed E-state index contributed by atoms with van der Waals surface area (Å²) in [5.74, 6) is 0.892. The number of hydrogen-bond acceptors (Lipinski definition) is 3.